The van der Waals surface area contributed by atoms with Gasteiger partial charge in [0.1, 0.15) is 5.69 Å². The zero-order valence-corrected chi connectivity index (χ0v) is 11.7. The largest absolute Gasteiger partial charge is 0.312 e. The van der Waals surface area contributed by atoms with Gasteiger partial charge in [-0.1, -0.05) is 19.9 Å². The maximum atomic E-state index is 4.39. The van der Waals surface area contributed by atoms with E-state index in [0.29, 0.717) is 11.7 Å². The molecule has 2 rings (SSSR count). The Kier molecular flexibility index (Phi) is 4.58. The van der Waals surface area contributed by atoms with Crippen molar-refractivity contribution in [3.8, 4) is 11.5 Å². The number of pyridine rings is 1. The molecule has 1 N–H and O–H groups in total. The molecule has 0 amide bonds. The summed E-state index contributed by atoms with van der Waals surface area (Å²) in [7, 11) is 0. The van der Waals surface area contributed by atoms with E-state index >= 15 is 0 Å². The first-order valence-corrected chi connectivity index (χ1v) is 6.60. The molecule has 0 aromatic carbocycles. The van der Waals surface area contributed by atoms with E-state index in [1.807, 2.05) is 31.5 Å². The number of nitrogens with one attached hydrogen (secondary N) is 1. The van der Waals surface area contributed by atoms with Crippen LogP contribution in [0.25, 0.3) is 11.5 Å². The smallest absolute Gasteiger partial charge is 0.178 e. The highest BCUT2D eigenvalue weighted by atomic mass is 14.9. The second kappa shape index (κ2) is 6.38. The zero-order chi connectivity index (χ0) is 13.7. The Labute approximate surface area is 114 Å². The van der Waals surface area contributed by atoms with Crippen molar-refractivity contribution in [1.82, 2.24) is 20.3 Å². The minimum atomic E-state index is 0.649. The summed E-state index contributed by atoms with van der Waals surface area (Å²) in [6.07, 6.45) is 5.50. The average Bonchev–Trinajstić information content (AvgIpc) is 2.40. The molecule has 0 radical (unpaired) electrons. The first-order chi connectivity index (χ1) is 9.16. The molecular formula is C15H20N4. The second-order valence-corrected chi connectivity index (χ2v) is 5.11. The van der Waals surface area contributed by atoms with Crippen LogP contribution in [-0.2, 0) is 6.54 Å². The van der Waals surface area contributed by atoms with Gasteiger partial charge < -0.3 is 5.32 Å². The number of rotatable bonds is 5. The molecule has 0 unspecified atom stereocenters. The first-order valence-electron chi connectivity index (χ1n) is 6.60. The monoisotopic (exact) mass is 256 g/mol. The topological polar surface area (TPSA) is 50.7 Å². The van der Waals surface area contributed by atoms with E-state index in [9.17, 15) is 0 Å². The lowest BCUT2D eigenvalue weighted by Crippen LogP contribution is -2.19. The molecule has 4 nitrogen and oxygen atoms in total. The number of hydrogen-bond acceptors (Lipinski definition) is 4. The third kappa shape index (κ3) is 3.83. The van der Waals surface area contributed by atoms with Crippen LogP contribution in [0.1, 0.15) is 25.0 Å². The molecule has 0 aliphatic rings. The van der Waals surface area contributed by atoms with Crippen molar-refractivity contribution in [2.24, 2.45) is 5.92 Å². The fourth-order valence-electron chi connectivity index (χ4n) is 1.79. The average molecular weight is 256 g/mol. The van der Waals surface area contributed by atoms with E-state index in [0.717, 1.165) is 29.9 Å². The van der Waals surface area contributed by atoms with Gasteiger partial charge in [0.25, 0.3) is 0 Å². The SMILES string of the molecule is Cc1cccnc1-c1ncc(CNCC(C)C)cn1. The van der Waals surface area contributed by atoms with Gasteiger partial charge in [-0.15, -0.1) is 0 Å². The normalized spacial score (nSPS) is 10.9. The molecular weight excluding hydrogens is 236 g/mol. The summed E-state index contributed by atoms with van der Waals surface area (Å²) in [5.74, 6) is 1.34. The highest BCUT2D eigenvalue weighted by molar-refractivity contribution is 5.53. The number of nitrogens with zero attached hydrogens (tertiary/aromatic N) is 3. The fraction of sp³-hybridized carbons (Fsp3) is 0.400. The van der Waals surface area contributed by atoms with E-state index in [2.05, 4.69) is 34.1 Å². The molecule has 100 valence electrons. The van der Waals surface area contributed by atoms with Crippen LogP contribution < -0.4 is 5.32 Å². The number of aryl methyl sites for hydroxylation is 1. The van der Waals surface area contributed by atoms with Crippen LogP contribution in [0.4, 0.5) is 0 Å². The first kappa shape index (κ1) is 13.6. The molecule has 0 bridgehead atoms. The molecule has 0 saturated heterocycles. The zero-order valence-electron chi connectivity index (χ0n) is 11.7. The highest BCUT2D eigenvalue weighted by Crippen LogP contribution is 2.15. The molecule has 2 aromatic rings. The van der Waals surface area contributed by atoms with Gasteiger partial charge in [-0.3, -0.25) is 4.98 Å². The molecule has 0 spiro atoms. The standard InChI is InChI=1S/C15H20N4/c1-11(2)7-16-8-13-9-18-15(19-10-13)14-12(3)5-4-6-17-14/h4-6,9-11,16H,7-8H2,1-3H3. The van der Waals surface area contributed by atoms with Crippen LogP contribution in [0.2, 0.25) is 0 Å². The van der Waals surface area contributed by atoms with Gasteiger partial charge in [-0.05, 0) is 31.0 Å². The van der Waals surface area contributed by atoms with Crippen LogP contribution in [0.5, 0.6) is 0 Å². The maximum absolute atomic E-state index is 4.39. The Bertz CT molecular complexity index is 520. The summed E-state index contributed by atoms with van der Waals surface area (Å²) in [4.78, 5) is 13.1. The van der Waals surface area contributed by atoms with Crippen LogP contribution in [0.15, 0.2) is 30.7 Å². The van der Waals surface area contributed by atoms with Crippen LogP contribution in [0, 0.1) is 12.8 Å². The number of hydrogen-bond donors (Lipinski definition) is 1. The molecule has 0 saturated carbocycles. The van der Waals surface area contributed by atoms with Gasteiger partial charge in [0.05, 0.1) is 0 Å². The lowest BCUT2D eigenvalue weighted by atomic mass is 10.2. The lowest BCUT2D eigenvalue weighted by molar-refractivity contribution is 0.551. The Morgan fingerprint density at radius 3 is 2.53 bits per heavy atom. The van der Waals surface area contributed by atoms with Crippen LogP contribution in [-0.4, -0.2) is 21.5 Å². The van der Waals surface area contributed by atoms with Crippen molar-refractivity contribution in [1.29, 1.82) is 0 Å². The Morgan fingerprint density at radius 1 is 1.16 bits per heavy atom. The predicted molar refractivity (Wildman–Crippen MR) is 76.5 cm³/mol. The van der Waals surface area contributed by atoms with Crippen molar-refractivity contribution in [3.05, 3.63) is 41.9 Å². The molecule has 0 aliphatic heterocycles. The van der Waals surface area contributed by atoms with E-state index in [4.69, 9.17) is 0 Å². The summed E-state index contributed by atoms with van der Waals surface area (Å²) >= 11 is 0. The van der Waals surface area contributed by atoms with Gasteiger partial charge in [0.15, 0.2) is 5.82 Å². The fourth-order valence-corrected chi connectivity index (χ4v) is 1.79. The summed E-state index contributed by atoms with van der Waals surface area (Å²) < 4.78 is 0. The van der Waals surface area contributed by atoms with Gasteiger partial charge in [-0.25, -0.2) is 9.97 Å². The van der Waals surface area contributed by atoms with E-state index in [-0.39, 0.29) is 0 Å². The van der Waals surface area contributed by atoms with Gasteiger partial charge >= 0.3 is 0 Å². The third-order valence-corrected chi connectivity index (χ3v) is 2.81. The van der Waals surface area contributed by atoms with Gasteiger partial charge in [-0.2, -0.15) is 0 Å². The molecule has 4 heteroatoms. The lowest BCUT2D eigenvalue weighted by Gasteiger charge is -2.07. The van der Waals surface area contributed by atoms with Crippen LogP contribution in [0.3, 0.4) is 0 Å². The summed E-state index contributed by atoms with van der Waals surface area (Å²) in [5, 5.41) is 3.38. The molecule has 0 fully saturated rings. The highest BCUT2D eigenvalue weighted by Gasteiger charge is 2.05. The quantitative estimate of drug-likeness (QED) is 0.893. The molecule has 0 aliphatic carbocycles. The summed E-state index contributed by atoms with van der Waals surface area (Å²) in [6.45, 7) is 8.21. The minimum absolute atomic E-state index is 0.649. The van der Waals surface area contributed by atoms with Crippen molar-refractivity contribution >= 4 is 0 Å². The van der Waals surface area contributed by atoms with Crippen LogP contribution >= 0.6 is 0 Å². The molecule has 19 heavy (non-hydrogen) atoms. The molecule has 2 aromatic heterocycles. The summed E-state index contributed by atoms with van der Waals surface area (Å²) in [5.41, 5.74) is 3.04. The predicted octanol–water partition coefficient (Wildman–Crippen LogP) is 2.59. The Hall–Kier alpha value is -1.81. The third-order valence-electron chi connectivity index (χ3n) is 2.81. The minimum Gasteiger partial charge on any atom is -0.312 e. The molecule has 2 heterocycles. The van der Waals surface area contributed by atoms with E-state index in [1.165, 1.54) is 0 Å². The number of aromatic nitrogens is 3. The molecule has 0 atom stereocenters. The maximum Gasteiger partial charge on any atom is 0.178 e. The Morgan fingerprint density at radius 2 is 1.89 bits per heavy atom. The Balaban J connectivity index is 2.04. The van der Waals surface area contributed by atoms with Gasteiger partial charge in [0.2, 0.25) is 0 Å². The van der Waals surface area contributed by atoms with E-state index in [1.54, 1.807) is 6.20 Å². The van der Waals surface area contributed by atoms with E-state index < -0.39 is 0 Å². The van der Waals surface area contributed by atoms with Crippen molar-refractivity contribution in [2.75, 3.05) is 6.54 Å². The van der Waals surface area contributed by atoms with Crippen molar-refractivity contribution in [2.45, 2.75) is 27.3 Å². The van der Waals surface area contributed by atoms with Crippen molar-refractivity contribution in [3.63, 3.8) is 0 Å². The summed E-state index contributed by atoms with van der Waals surface area (Å²) in [6, 6.07) is 3.94. The van der Waals surface area contributed by atoms with Gasteiger partial charge in [0, 0.05) is 30.7 Å². The second-order valence-electron chi connectivity index (χ2n) is 5.11. The van der Waals surface area contributed by atoms with Crippen molar-refractivity contribution < 1.29 is 0 Å².